The summed E-state index contributed by atoms with van der Waals surface area (Å²) in [6.45, 7) is 4.52. The zero-order valence-corrected chi connectivity index (χ0v) is 12.0. The van der Waals surface area contributed by atoms with Crippen molar-refractivity contribution < 1.29 is 13.3 Å². The van der Waals surface area contributed by atoms with Crippen molar-refractivity contribution in [1.82, 2.24) is 4.90 Å². The first-order valence-corrected chi connectivity index (χ1v) is 8.04. The van der Waals surface area contributed by atoms with Gasteiger partial charge in [-0.1, -0.05) is 13.3 Å². The Morgan fingerprint density at radius 3 is 2.25 bits per heavy atom. The van der Waals surface area contributed by atoms with E-state index in [0.29, 0.717) is 6.04 Å². The van der Waals surface area contributed by atoms with Gasteiger partial charge in [0.2, 0.25) is 0 Å². The third kappa shape index (κ3) is 3.27. The number of nitrogens with zero attached hydrogens (tertiary/aromatic N) is 1. The van der Waals surface area contributed by atoms with Crippen LogP contribution < -0.4 is 0 Å². The van der Waals surface area contributed by atoms with Gasteiger partial charge in [0.15, 0.2) is 0 Å². The van der Waals surface area contributed by atoms with Crippen molar-refractivity contribution >= 4 is 8.80 Å². The Morgan fingerprint density at radius 2 is 1.75 bits per heavy atom. The van der Waals surface area contributed by atoms with Gasteiger partial charge in [0.1, 0.15) is 0 Å². The molecule has 1 saturated heterocycles. The molecule has 0 aromatic rings. The van der Waals surface area contributed by atoms with Crippen molar-refractivity contribution in [2.24, 2.45) is 0 Å². The van der Waals surface area contributed by atoms with Crippen LogP contribution in [-0.2, 0) is 13.3 Å². The maximum Gasteiger partial charge on any atom is 0.501 e. The van der Waals surface area contributed by atoms with Crippen LogP contribution in [0.1, 0.15) is 26.2 Å². The Labute approximate surface area is 100 Å². The van der Waals surface area contributed by atoms with Crippen LogP contribution in [0.2, 0.25) is 6.04 Å². The van der Waals surface area contributed by atoms with Gasteiger partial charge in [0.05, 0.1) is 0 Å². The van der Waals surface area contributed by atoms with Crippen LogP contribution in [0.5, 0.6) is 0 Å². The molecule has 0 aliphatic carbocycles. The lowest BCUT2D eigenvalue weighted by Crippen LogP contribution is -2.50. The second-order valence-corrected chi connectivity index (χ2v) is 7.28. The van der Waals surface area contributed by atoms with Gasteiger partial charge in [-0.3, -0.25) is 0 Å². The van der Waals surface area contributed by atoms with E-state index in [2.05, 4.69) is 11.8 Å². The average molecular weight is 247 g/mol. The molecule has 1 atom stereocenters. The van der Waals surface area contributed by atoms with Crippen molar-refractivity contribution in [2.75, 3.05) is 34.4 Å². The highest BCUT2D eigenvalue weighted by Gasteiger charge is 2.42. The van der Waals surface area contributed by atoms with Crippen LogP contribution in [-0.4, -0.2) is 54.2 Å². The zero-order valence-electron chi connectivity index (χ0n) is 11.0. The largest absolute Gasteiger partial charge is 0.501 e. The molecular weight excluding hydrogens is 222 g/mol. The van der Waals surface area contributed by atoms with Crippen LogP contribution in [0.25, 0.3) is 0 Å². The Kier molecular flexibility index (Phi) is 5.92. The number of likely N-dealkylation sites (tertiary alicyclic amines) is 1. The monoisotopic (exact) mass is 247 g/mol. The second-order valence-electron chi connectivity index (χ2n) is 4.28. The minimum Gasteiger partial charge on any atom is -0.377 e. The molecule has 1 fully saturated rings. The van der Waals surface area contributed by atoms with E-state index in [9.17, 15) is 0 Å². The van der Waals surface area contributed by atoms with Gasteiger partial charge in [0, 0.05) is 33.4 Å². The summed E-state index contributed by atoms with van der Waals surface area (Å²) in [5, 5.41) is 0. The second kappa shape index (κ2) is 6.71. The molecule has 1 rings (SSSR count). The van der Waals surface area contributed by atoms with Gasteiger partial charge in [0.25, 0.3) is 0 Å². The first-order valence-electron chi connectivity index (χ1n) is 6.10. The fourth-order valence-electron chi connectivity index (χ4n) is 2.50. The smallest absolute Gasteiger partial charge is 0.377 e. The van der Waals surface area contributed by atoms with E-state index in [4.69, 9.17) is 13.3 Å². The van der Waals surface area contributed by atoms with Crippen molar-refractivity contribution in [3.05, 3.63) is 0 Å². The summed E-state index contributed by atoms with van der Waals surface area (Å²) < 4.78 is 16.5. The molecule has 0 aromatic heterocycles. The fourth-order valence-corrected chi connectivity index (χ4v) is 4.54. The molecule has 1 heterocycles. The van der Waals surface area contributed by atoms with Gasteiger partial charge < -0.3 is 18.2 Å². The lowest BCUT2D eigenvalue weighted by Gasteiger charge is -2.38. The third-order valence-corrected chi connectivity index (χ3v) is 6.41. The van der Waals surface area contributed by atoms with Gasteiger partial charge in [-0.15, -0.1) is 0 Å². The number of rotatable bonds is 6. The van der Waals surface area contributed by atoms with Gasteiger partial charge >= 0.3 is 8.80 Å². The molecule has 0 saturated carbocycles. The van der Waals surface area contributed by atoms with Crippen molar-refractivity contribution in [1.29, 1.82) is 0 Å². The maximum atomic E-state index is 5.50. The highest BCUT2D eigenvalue weighted by Crippen LogP contribution is 2.25. The lowest BCUT2D eigenvalue weighted by atomic mass is 10.0. The summed E-state index contributed by atoms with van der Waals surface area (Å²) in [6, 6.07) is 1.47. The highest BCUT2D eigenvalue weighted by molar-refractivity contribution is 6.60. The van der Waals surface area contributed by atoms with Crippen LogP contribution in [0, 0.1) is 0 Å². The van der Waals surface area contributed by atoms with E-state index in [1.807, 2.05) is 0 Å². The summed E-state index contributed by atoms with van der Waals surface area (Å²) in [5.74, 6) is 0. The van der Waals surface area contributed by atoms with E-state index < -0.39 is 8.80 Å². The summed E-state index contributed by atoms with van der Waals surface area (Å²) in [6.07, 6.45) is 3.85. The third-order valence-electron chi connectivity index (χ3n) is 3.57. The summed E-state index contributed by atoms with van der Waals surface area (Å²) in [7, 11) is 2.67. The van der Waals surface area contributed by atoms with Gasteiger partial charge in [-0.05, 0) is 25.9 Å². The predicted molar refractivity (Wildman–Crippen MR) is 66.5 cm³/mol. The molecule has 0 N–H and O–H groups in total. The lowest BCUT2D eigenvalue weighted by molar-refractivity contribution is 0.0967. The average Bonchev–Trinajstić information content (AvgIpc) is 2.36. The van der Waals surface area contributed by atoms with Crippen LogP contribution in [0.15, 0.2) is 0 Å². The normalized spacial score (nSPS) is 23.6. The quantitative estimate of drug-likeness (QED) is 0.669. The molecule has 0 bridgehead atoms. The Balaban J connectivity index is 2.61. The first-order chi connectivity index (χ1) is 7.71. The number of hydrogen-bond acceptors (Lipinski definition) is 4. The minimum absolute atomic E-state index is 0.560. The van der Waals surface area contributed by atoms with Crippen LogP contribution in [0.3, 0.4) is 0 Å². The van der Waals surface area contributed by atoms with E-state index >= 15 is 0 Å². The SMILES string of the molecule is CCN1CCCCC1C[Si](OC)(OC)OC. The van der Waals surface area contributed by atoms with E-state index in [-0.39, 0.29) is 0 Å². The summed E-state index contributed by atoms with van der Waals surface area (Å²) >= 11 is 0. The van der Waals surface area contributed by atoms with Crippen LogP contribution >= 0.6 is 0 Å². The zero-order chi connectivity index (χ0) is 12.0. The standard InChI is InChI=1S/C11H25NO3Si/c1-5-12-9-7-6-8-11(12)10-16(13-2,14-3)15-4/h11H,5-10H2,1-4H3. The molecule has 0 radical (unpaired) electrons. The topological polar surface area (TPSA) is 30.9 Å². The highest BCUT2D eigenvalue weighted by atomic mass is 28.4. The molecule has 0 amide bonds. The van der Waals surface area contributed by atoms with Crippen molar-refractivity contribution in [2.45, 2.75) is 38.3 Å². The van der Waals surface area contributed by atoms with Gasteiger partial charge in [-0.25, -0.2) is 0 Å². The first kappa shape index (κ1) is 14.1. The molecule has 1 aliphatic heterocycles. The fraction of sp³-hybridized carbons (Fsp3) is 1.00. The number of piperidine rings is 1. The molecule has 1 unspecified atom stereocenters. The molecule has 96 valence electrons. The summed E-state index contributed by atoms with van der Waals surface area (Å²) in [5.41, 5.74) is 0. The number of hydrogen-bond donors (Lipinski definition) is 0. The van der Waals surface area contributed by atoms with E-state index in [1.54, 1.807) is 21.3 Å². The maximum absolute atomic E-state index is 5.50. The summed E-state index contributed by atoms with van der Waals surface area (Å²) in [4.78, 5) is 2.52. The Morgan fingerprint density at radius 1 is 1.12 bits per heavy atom. The Hall–Kier alpha value is 0.0569. The van der Waals surface area contributed by atoms with Crippen molar-refractivity contribution in [3.63, 3.8) is 0 Å². The Bertz CT molecular complexity index is 191. The molecule has 1 aliphatic rings. The predicted octanol–water partition coefficient (Wildman–Crippen LogP) is 1.74. The van der Waals surface area contributed by atoms with Gasteiger partial charge in [-0.2, -0.15) is 0 Å². The minimum atomic E-state index is -2.40. The molecule has 16 heavy (non-hydrogen) atoms. The molecule has 0 spiro atoms. The molecule has 4 nitrogen and oxygen atoms in total. The molecular formula is C11H25NO3Si. The molecule has 5 heteroatoms. The van der Waals surface area contributed by atoms with E-state index in [1.165, 1.54) is 25.8 Å². The molecule has 0 aromatic carbocycles. The van der Waals surface area contributed by atoms with Crippen LogP contribution in [0.4, 0.5) is 0 Å². The van der Waals surface area contributed by atoms with Crippen molar-refractivity contribution in [3.8, 4) is 0 Å². The van der Waals surface area contributed by atoms with E-state index in [0.717, 1.165) is 12.6 Å².